The molecule has 0 amide bonds. The number of hydrogen-bond donors (Lipinski definition) is 3. The molecule has 0 aliphatic carbocycles. The third-order valence-electron chi connectivity index (χ3n) is 3.07. The first kappa shape index (κ1) is 20.4. The number of thioether (sulfide) groups is 1. The van der Waals surface area contributed by atoms with Gasteiger partial charge < -0.3 is 30.2 Å². The largest absolute Gasteiger partial charge is 0.387 e. The van der Waals surface area contributed by atoms with Gasteiger partial charge in [-0.3, -0.25) is 0 Å². The zero-order valence-corrected chi connectivity index (χ0v) is 12.3. The first-order chi connectivity index (χ1) is 8.74. The van der Waals surface area contributed by atoms with Gasteiger partial charge in [0.25, 0.3) is 0 Å². The van der Waals surface area contributed by atoms with E-state index < -0.39 is 24.6 Å². The van der Waals surface area contributed by atoms with Crippen LogP contribution in [0.4, 0.5) is 0 Å². The fraction of sp³-hybridized carbons (Fsp3) is 1.00. The summed E-state index contributed by atoms with van der Waals surface area (Å²) in [4.78, 5) is 0. The zero-order chi connectivity index (χ0) is 13.0. The molecule has 0 saturated carbocycles. The molecule has 0 spiro atoms. The molecular weight excluding hydrogens is 306 g/mol. The minimum absolute atomic E-state index is 0. The van der Waals surface area contributed by atoms with Crippen LogP contribution in [0.5, 0.6) is 0 Å². The standard InChI is InChI=1S/C11H21NO5S.CH4.ClH/c12-2-5-18-6-7-10-8(13)9(14)11(17-7)16-4-1-3-15-10;;/h7-11,13-14H,1-6,12H2;1H4;1H. The molecule has 3 aliphatic heterocycles. The summed E-state index contributed by atoms with van der Waals surface area (Å²) in [6.45, 7) is 1.57. The molecule has 3 heterocycles. The number of hydrogen-bond acceptors (Lipinski definition) is 7. The number of halogens is 1. The molecule has 3 fully saturated rings. The Labute approximate surface area is 130 Å². The van der Waals surface area contributed by atoms with Gasteiger partial charge in [0.15, 0.2) is 6.29 Å². The fourth-order valence-electron chi connectivity index (χ4n) is 2.14. The van der Waals surface area contributed by atoms with Crippen LogP contribution in [-0.2, 0) is 14.2 Å². The van der Waals surface area contributed by atoms with Crippen LogP contribution in [0.3, 0.4) is 0 Å². The van der Waals surface area contributed by atoms with Crippen molar-refractivity contribution in [2.24, 2.45) is 5.73 Å². The molecule has 0 aromatic carbocycles. The lowest BCUT2D eigenvalue weighted by Gasteiger charge is -2.41. The van der Waals surface area contributed by atoms with E-state index in [-0.39, 0.29) is 25.9 Å². The van der Waals surface area contributed by atoms with E-state index in [1.165, 1.54) is 0 Å². The summed E-state index contributed by atoms with van der Waals surface area (Å²) in [5, 5.41) is 19.9. The molecule has 20 heavy (non-hydrogen) atoms. The van der Waals surface area contributed by atoms with E-state index in [1.807, 2.05) is 0 Å². The van der Waals surface area contributed by atoms with Gasteiger partial charge in [0.1, 0.15) is 18.3 Å². The molecule has 3 rings (SSSR count). The maximum Gasteiger partial charge on any atom is 0.186 e. The van der Waals surface area contributed by atoms with Crippen LogP contribution in [-0.4, -0.2) is 72.2 Å². The van der Waals surface area contributed by atoms with Gasteiger partial charge in [-0.05, 0) is 6.42 Å². The minimum atomic E-state index is -1.05. The van der Waals surface area contributed by atoms with E-state index in [0.717, 1.165) is 12.2 Å². The molecule has 0 aromatic rings. The van der Waals surface area contributed by atoms with Crippen LogP contribution in [0, 0.1) is 0 Å². The van der Waals surface area contributed by atoms with Crippen LogP contribution in [0.2, 0.25) is 0 Å². The first-order valence-electron chi connectivity index (χ1n) is 6.26. The normalized spacial score (nSPS) is 37.0. The third kappa shape index (κ3) is 4.99. The number of fused-ring (bicyclic) bond motifs is 6. The van der Waals surface area contributed by atoms with E-state index in [1.54, 1.807) is 11.8 Å². The van der Waals surface area contributed by atoms with Crippen LogP contribution >= 0.6 is 24.2 Å². The molecule has 8 heteroatoms. The molecule has 3 saturated heterocycles. The SMILES string of the molecule is C.Cl.NCCSCC1OC2OCCCOC1C(O)C2O. The highest BCUT2D eigenvalue weighted by Crippen LogP contribution is 2.28. The van der Waals surface area contributed by atoms with Gasteiger partial charge in [-0.2, -0.15) is 11.8 Å². The van der Waals surface area contributed by atoms with E-state index in [2.05, 4.69) is 0 Å². The Morgan fingerprint density at radius 3 is 2.55 bits per heavy atom. The highest BCUT2D eigenvalue weighted by Gasteiger charge is 2.46. The summed E-state index contributed by atoms with van der Waals surface area (Å²) in [5.41, 5.74) is 5.44. The molecule has 3 aliphatic rings. The molecular formula is C12H26ClNO5S. The monoisotopic (exact) mass is 331 g/mol. The molecule has 0 radical (unpaired) electrons. The predicted molar refractivity (Wildman–Crippen MR) is 81.3 cm³/mol. The van der Waals surface area contributed by atoms with Crippen molar-refractivity contribution in [2.45, 2.75) is 44.6 Å². The maximum atomic E-state index is 10.1. The summed E-state index contributed by atoms with van der Waals surface area (Å²) in [6.07, 6.45) is -2.82. The molecule has 5 unspecified atom stereocenters. The van der Waals surface area contributed by atoms with Gasteiger partial charge in [-0.25, -0.2) is 0 Å². The highest BCUT2D eigenvalue weighted by atomic mass is 35.5. The quantitative estimate of drug-likeness (QED) is 0.624. The molecule has 0 aromatic heterocycles. The minimum Gasteiger partial charge on any atom is -0.387 e. The summed E-state index contributed by atoms with van der Waals surface area (Å²) >= 11 is 1.65. The molecule has 2 bridgehead atoms. The van der Waals surface area contributed by atoms with Crippen molar-refractivity contribution in [1.29, 1.82) is 0 Å². The van der Waals surface area contributed by atoms with E-state index in [9.17, 15) is 10.2 Å². The number of ether oxygens (including phenoxy) is 3. The van der Waals surface area contributed by atoms with Crippen molar-refractivity contribution >= 4 is 24.2 Å². The Hall–Kier alpha value is 0.400. The number of aliphatic hydroxyl groups excluding tert-OH is 2. The van der Waals surface area contributed by atoms with Crippen LogP contribution < -0.4 is 5.73 Å². The Bertz CT molecular complexity index is 262. The van der Waals surface area contributed by atoms with E-state index >= 15 is 0 Å². The van der Waals surface area contributed by atoms with Crippen molar-refractivity contribution in [3.63, 3.8) is 0 Å². The Morgan fingerprint density at radius 2 is 1.85 bits per heavy atom. The first-order valence-corrected chi connectivity index (χ1v) is 7.42. The number of nitrogens with two attached hydrogens (primary N) is 1. The van der Waals surface area contributed by atoms with E-state index in [4.69, 9.17) is 19.9 Å². The molecule has 6 nitrogen and oxygen atoms in total. The third-order valence-corrected chi connectivity index (χ3v) is 4.15. The highest BCUT2D eigenvalue weighted by molar-refractivity contribution is 7.99. The maximum absolute atomic E-state index is 10.1. The van der Waals surface area contributed by atoms with Gasteiger partial charge >= 0.3 is 0 Å². The molecule has 122 valence electrons. The van der Waals surface area contributed by atoms with Gasteiger partial charge in [0, 0.05) is 24.7 Å². The average Bonchev–Trinajstić information content (AvgIpc) is 2.50. The van der Waals surface area contributed by atoms with Crippen LogP contribution in [0.25, 0.3) is 0 Å². The second kappa shape index (κ2) is 10.2. The van der Waals surface area contributed by atoms with Gasteiger partial charge in [-0.1, -0.05) is 7.43 Å². The van der Waals surface area contributed by atoms with Crippen molar-refractivity contribution in [3.05, 3.63) is 0 Å². The molecule has 4 N–H and O–H groups in total. The van der Waals surface area contributed by atoms with Crippen molar-refractivity contribution in [2.75, 3.05) is 31.3 Å². The Balaban J connectivity index is 0.00000180. The number of aliphatic hydroxyl groups is 2. The van der Waals surface area contributed by atoms with Crippen molar-refractivity contribution in [3.8, 4) is 0 Å². The lowest BCUT2D eigenvalue weighted by molar-refractivity contribution is -0.289. The second-order valence-corrected chi connectivity index (χ2v) is 5.60. The van der Waals surface area contributed by atoms with Crippen LogP contribution in [0.15, 0.2) is 0 Å². The smallest absolute Gasteiger partial charge is 0.186 e. The summed E-state index contributed by atoms with van der Waals surface area (Å²) < 4.78 is 16.7. The van der Waals surface area contributed by atoms with E-state index in [0.29, 0.717) is 25.5 Å². The van der Waals surface area contributed by atoms with Gasteiger partial charge in [0.05, 0.1) is 12.7 Å². The van der Waals surface area contributed by atoms with Crippen LogP contribution in [0.1, 0.15) is 13.8 Å². The summed E-state index contributed by atoms with van der Waals surface area (Å²) in [5.74, 6) is 1.50. The summed E-state index contributed by atoms with van der Waals surface area (Å²) in [6, 6.07) is 0. The lowest BCUT2D eigenvalue weighted by Crippen LogP contribution is -2.59. The Kier molecular flexibility index (Phi) is 10.4. The topological polar surface area (TPSA) is 94.2 Å². The average molecular weight is 332 g/mol. The second-order valence-electron chi connectivity index (χ2n) is 4.45. The van der Waals surface area contributed by atoms with Gasteiger partial charge in [-0.15, -0.1) is 12.4 Å². The van der Waals surface area contributed by atoms with Gasteiger partial charge in [0.2, 0.25) is 0 Å². The fourth-order valence-corrected chi connectivity index (χ4v) is 2.98. The Morgan fingerprint density at radius 1 is 1.15 bits per heavy atom. The van der Waals surface area contributed by atoms with Crippen molar-refractivity contribution in [1.82, 2.24) is 0 Å². The number of rotatable bonds is 4. The lowest BCUT2D eigenvalue weighted by atomic mass is 10.00. The van der Waals surface area contributed by atoms with Crippen molar-refractivity contribution < 1.29 is 24.4 Å². The zero-order valence-electron chi connectivity index (χ0n) is 10.6. The predicted octanol–water partition coefficient (Wildman–Crippen LogP) is -0.0116. The summed E-state index contributed by atoms with van der Waals surface area (Å²) in [7, 11) is 0. The molecule has 5 atom stereocenters.